The molecule has 0 radical (unpaired) electrons. The summed E-state index contributed by atoms with van der Waals surface area (Å²) in [4.78, 5) is 4.98. The molecule has 0 bridgehead atoms. The maximum atomic E-state index is 6.11. The van der Waals surface area contributed by atoms with E-state index < -0.39 is 0 Å². The first-order valence-electron chi connectivity index (χ1n) is 6.66. The molecule has 100 valence electrons. The molecule has 1 fully saturated rings. The van der Waals surface area contributed by atoms with E-state index in [1.165, 1.54) is 15.7 Å². The van der Waals surface area contributed by atoms with E-state index in [1.807, 2.05) is 0 Å². The van der Waals surface area contributed by atoms with Crippen molar-refractivity contribution in [2.75, 3.05) is 36.8 Å². The summed E-state index contributed by atoms with van der Waals surface area (Å²) in [6.07, 6.45) is 1.23. The van der Waals surface area contributed by atoms with Crippen LogP contribution in [0.15, 0.2) is 18.2 Å². The van der Waals surface area contributed by atoms with Crippen molar-refractivity contribution >= 4 is 34.0 Å². The monoisotopic (exact) mass is 359 g/mol. The summed E-state index contributed by atoms with van der Waals surface area (Å²) >= 11 is 2.30. The van der Waals surface area contributed by atoms with Gasteiger partial charge in [-0.1, -0.05) is 6.92 Å². The average molecular weight is 359 g/mol. The molecule has 1 saturated heterocycles. The second-order valence-corrected chi connectivity index (χ2v) is 6.23. The summed E-state index contributed by atoms with van der Waals surface area (Å²) in [7, 11) is 0. The van der Waals surface area contributed by atoms with Gasteiger partial charge in [-0.3, -0.25) is 4.90 Å². The van der Waals surface area contributed by atoms with Crippen LogP contribution < -0.4 is 10.6 Å². The van der Waals surface area contributed by atoms with Crippen LogP contribution in [0.1, 0.15) is 20.3 Å². The van der Waals surface area contributed by atoms with Gasteiger partial charge in [0.05, 0.1) is 11.4 Å². The number of nitrogen functional groups attached to an aromatic ring is 1. The molecule has 2 N–H and O–H groups in total. The summed E-state index contributed by atoms with van der Waals surface area (Å²) in [5, 5.41) is 0. The average Bonchev–Trinajstić information content (AvgIpc) is 2.38. The van der Waals surface area contributed by atoms with Crippen LogP contribution in [-0.4, -0.2) is 37.1 Å². The van der Waals surface area contributed by atoms with E-state index in [9.17, 15) is 0 Å². The first-order chi connectivity index (χ1) is 8.61. The zero-order chi connectivity index (χ0) is 13.1. The highest BCUT2D eigenvalue weighted by molar-refractivity contribution is 14.1. The summed E-state index contributed by atoms with van der Waals surface area (Å²) in [5.41, 5.74) is 8.21. The molecule has 3 nitrogen and oxygen atoms in total. The molecule has 1 unspecified atom stereocenters. The summed E-state index contributed by atoms with van der Waals surface area (Å²) in [5.74, 6) is 0. The Morgan fingerprint density at radius 1 is 1.28 bits per heavy atom. The molecule has 4 heteroatoms. The van der Waals surface area contributed by atoms with Crippen LogP contribution in [0, 0.1) is 3.57 Å². The van der Waals surface area contributed by atoms with E-state index in [-0.39, 0.29) is 0 Å². The summed E-state index contributed by atoms with van der Waals surface area (Å²) in [6.45, 7) is 9.01. The Bertz CT molecular complexity index is 400. The molecule has 1 heterocycles. The molecule has 1 atom stereocenters. The van der Waals surface area contributed by atoms with Gasteiger partial charge in [-0.05, 0) is 54.1 Å². The molecular formula is C14H22IN3. The van der Waals surface area contributed by atoms with Crippen molar-refractivity contribution in [3.05, 3.63) is 21.8 Å². The predicted octanol–water partition coefficient (Wildman–Crippen LogP) is 2.79. The van der Waals surface area contributed by atoms with Crippen LogP contribution >= 0.6 is 22.6 Å². The zero-order valence-electron chi connectivity index (χ0n) is 11.2. The molecular weight excluding hydrogens is 337 g/mol. The standard InChI is InChI=1S/C14H22IN3/c1-3-11(2)17-6-8-18(9-7-17)14-5-4-12(15)10-13(14)16/h4-5,10-11H,3,6-9,16H2,1-2H3. The maximum absolute atomic E-state index is 6.11. The molecule has 2 rings (SSSR count). The van der Waals surface area contributed by atoms with Crippen molar-refractivity contribution < 1.29 is 0 Å². The van der Waals surface area contributed by atoms with Crippen LogP contribution in [0.2, 0.25) is 0 Å². The number of rotatable bonds is 3. The Hall–Kier alpha value is -0.490. The Morgan fingerprint density at radius 3 is 2.50 bits per heavy atom. The fourth-order valence-corrected chi connectivity index (χ4v) is 2.99. The predicted molar refractivity (Wildman–Crippen MR) is 87.1 cm³/mol. The number of hydrogen-bond donors (Lipinski definition) is 1. The highest BCUT2D eigenvalue weighted by Crippen LogP contribution is 2.26. The van der Waals surface area contributed by atoms with Crippen molar-refractivity contribution in [2.45, 2.75) is 26.3 Å². The first-order valence-corrected chi connectivity index (χ1v) is 7.73. The Morgan fingerprint density at radius 2 is 1.94 bits per heavy atom. The molecule has 1 aromatic carbocycles. The normalized spacial score (nSPS) is 18.9. The van der Waals surface area contributed by atoms with E-state index in [4.69, 9.17) is 5.73 Å². The zero-order valence-corrected chi connectivity index (χ0v) is 13.4. The lowest BCUT2D eigenvalue weighted by Crippen LogP contribution is -2.49. The minimum Gasteiger partial charge on any atom is -0.397 e. The Labute approximate surface area is 123 Å². The van der Waals surface area contributed by atoms with Crippen molar-refractivity contribution in [3.63, 3.8) is 0 Å². The minimum atomic E-state index is 0.696. The number of piperazine rings is 1. The van der Waals surface area contributed by atoms with Gasteiger partial charge in [0.15, 0.2) is 0 Å². The van der Waals surface area contributed by atoms with Gasteiger partial charge in [0.1, 0.15) is 0 Å². The molecule has 0 saturated carbocycles. The van der Waals surface area contributed by atoms with Gasteiger partial charge in [-0.15, -0.1) is 0 Å². The van der Waals surface area contributed by atoms with Crippen LogP contribution in [0.25, 0.3) is 0 Å². The third kappa shape index (κ3) is 3.09. The largest absolute Gasteiger partial charge is 0.397 e. The molecule has 0 aromatic heterocycles. The van der Waals surface area contributed by atoms with Crippen molar-refractivity contribution in [1.29, 1.82) is 0 Å². The van der Waals surface area contributed by atoms with Crippen LogP contribution in [0.4, 0.5) is 11.4 Å². The summed E-state index contributed by atoms with van der Waals surface area (Å²) in [6, 6.07) is 7.03. The highest BCUT2D eigenvalue weighted by atomic mass is 127. The van der Waals surface area contributed by atoms with Crippen molar-refractivity contribution in [1.82, 2.24) is 4.90 Å². The molecule has 0 amide bonds. The molecule has 0 spiro atoms. The van der Waals surface area contributed by atoms with E-state index >= 15 is 0 Å². The number of nitrogens with two attached hydrogens (primary N) is 1. The molecule has 1 aliphatic heterocycles. The van der Waals surface area contributed by atoms with Crippen LogP contribution in [0.3, 0.4) is 0 Å². The van der Waals surface area contributed by atoms with Gasteiger partial charge in [-0.2, -0.15) is 0 Å². The lowest BCUT2D eigenvalue weighted by atomic mass is 10.1. The second kappa shape index (κ2) is 6.10. The topological polar surface area (TPSA) is 32.5 Å². The molecule has 1 aliphatic rings. The van der Waals surface area contributed by atoms with E-state index in [2.05, 4.69) is 64.4 Å². The third-order valence-corrected chi connectivity index (χ3v) is 4.53. The Balaban J connectivity index is 2.01. The minimum absolute atomic E-state index is 0.696. The van der Waals surface area contributed by atoms with Crippen LogP contribution in [-0.2, 0) is 0 Å². The number of nitrogens with zero attached hydrogens (tertiary/aromatic N) is 2. The second-order valence-electron chi connectivity index (χ2n) is 4.98. The smallest absolute Gasteiger partial charge is 0.0601 e. The fraction of sp³-hybridized carbons (Fsp3) is 0.571. The van der Waals surface area contributed by atoms with Crippen molar-refractivity contribution in [3.8, 4) is 0 Å². The van der Waals surface area contributed by atoms with Gasteiger partial charge in [0.25, 0.3) is 0 Å². The number of halogens is 1. The molecule has 0 aliphatic carbocycles. The van der Waals surface area contributed by atoms with E-state index in [1.54, 1.807) is 0 Å². The maximum Gasteiger partial charge on any atom is 0.0601 e. The van der Waals surface area contributed by atoms with Gasteiger partial charge in [0.2, 0.25) is 0 Å². The highest BCUT2D eigenvalue weighted by Gasteiger charge is 2.21. The van der Waals surface area contributed by atoms with Gasteiger partial charge >= 0.3 is 0 Å². The quantitative estimate of drug-likeness (QED) is 0.666. The van der Waals surface area contributed by atoms with Gasteiger partial charge in [-0.25, -0.2) is 0 Å². The van der Waals surface area contributed by atoms with Crippen molar-refractivity contribution in [2.24, 2.45) is 0 Å². The van der Waals surface area contributed by atoms with E-state index in [0.717, 1.165) is 31.9 Å². The number of anilines is 2. The number of hydrogen-bond acceptors (Lipinski definition) is 3. The lowest BCUT2D eigenvalue weighted by molar-refractivity contribution is 0.193. The van der Waals surface area contributed by atoms with E-state index in [0.29, 0.717) is 6.04 Å². The fourth-order valence-electron chi connectivity index (χ4n) is 2.48. The number of benzene rings is 1. The van der Waals surface area contributed by atoms with Crippen LogP contribution in [0.5, 0.6) is 0 Å². The third-order valence-electron chi connectivity index (χ3n) is 3.86. The van der Waals surface area contributed by atoms with Gasteiger partial charge < -0.3 is 10.6 Å². The SMILES string of the molecule is CCC(C)N1CCN(c2ccc(I)cc2N)CC1. The summed E-state index contributed by atoms with van der Waals surface area (Å²) < 4.78 is 1.20. The molecule has 18 heavy (non-hydrogen) atoms. The Kier molecular flexibility index (Phi) is 4.72. The van der Waals surface area contributed by atoms with Gasteiger partial charge in [0, 0.05) is 35.8 Å². The molecule has 1 aromatic rings. The lowest BCUT2D eigenvalue weighted by Gasteiger charge is -2.39. The first kappa shape index (κ1) is 13.9.